The first kappa shape index (κ1) is 9.47. The van der Waals surface area contributed by atoms with E-state index in [9.17, 15) is 10.1 Å². The van der Waals surface area contributed by atoms with Crippen molar-refractivity contribution in [3.8, 4) is 0 Å². The number of hydrogen-bond acceptors (Lipinski definition) is 4. The number of hydrogen-bond donors (Lipinski definition) is 2. The fraction of sp³-hybridized carbons (Fsp3) is 1.00. The molecule has 1 saturated carbocycles. The summed E-state index contributed by atoms with van der Waals surface area (Å²) in [5.41, 5.74) is 0. The van der Waals surface area contributed by atoms with Crippen molar-refractivity contribution in [3.63, 3.8) is 0 Å². The van der Waals surface area contributed by atoms with Gasteiger partial charge in [-0.25, -0.2) is 0 Å². The SMILES string of the molecule is O=[N+]([O-])C1CCCC(B(O)O)C1. The Morgan fingerprint density at radius 2 is 2.08 bits per heavy atom. The molecular formula is C6H12BNO4. The van der Waals surface area contributed by atoms with E-state index >= 15 is 0 Å². The molecule has 1 fully saturated rings. The molecule has 6 heteroatoms. The summed E-state index contributed by atoms with van der Waals surface area (Å²) in [7, 11) is -1.40. The molecule has 0 aromatic heterocycles. The maximum absolute atomic E-state index is 10.4. The summed E-state index contributed by atoms with van der Waals surface area (Å²) < 4.78 is 0. The second-order valence-corrected chi connectivity index (χ2v) is 3.28. The van der Waals surface area contributed by atoms with Crippen LogP contribution in [0, 0.1) is 10.1 Å². The molecule has 0 amide bonds. The molecule has 0 aromatic rings. The molecule has 0 spiro atoms. The molecule has 5 nitrogen and oxygen atoms in total. The van der Waals surface area contributed by atoms with Crippen molar-refractivity contribution in [2.24, 2.45) is 0 Å². The van der Waals surface area contributed by atoms with Crippen molar-refractivity contribution in [2.75, 3.05) is 0 Å². The zero-order valence-corrected chi connectivity index (χ0v) is 6.72. The van der Waals surface area contributed by atoms with Gasteiger partial charge in [-0.2, -0.15) is 0 Å². The third-order valence-electron chi connectivity index (χ3n) is 2.41. The van der Waals surface area contributed by atoms with Gasteiger partial charge in [0.2, 0.25) is 6.04 Å². The van der Waals surface area contributed by atoms with Gasteiger partial charge in [0, 0.05) is 23.6 Å². The molecule has 68 valence electrons. The van der Waals surface area contributed by atoms with Crippen LogP contribution in [0.4, 0.5) is 0 Å². The van der Waals surface area contributed by atoms with E-state index < -0.39 is 13.2 Å². The van der Waals surface area contributed by atoms with Crippen molar-refractivity contribution in [3.05, 3.63) is 10.1 Å². The third-order valence-corrected chi connectivity index (χ3v) is 2.41. The average molecular weight is 173 g/mol. The van der Waals surface area contributed by atoms with Gasteiger partial charge in [-0.3, -0.25) is 10.1 Å². The van der Waals surface area contributed by atoms with E-state index in [1.165, 1.54) is 0 Å². The highest BCUT2D eigenvalue weighted by atomic mass is 16.6. The van der Waals surface area contributed by atoms with Crippen molar-refractivity contribution in [1.82, 2.24) is 0 Å². The Hall–Kier alpha value is -0.615. The van der Waals surface area contributed by atoms with Crippen LogP contribution in [0.5, 0.6) is 0 Å². The summed E-state index contributed by atoms with van der Waals surface area (Å²) in [5.74, 6) is -0.311. The Kier molecular flexibility index (Phi) is 3.05. The molecule has 0 aliphatic heterocycles. The Bertz CT molecular complexity index is 175. The Morgan fingerprint density at radius 3 is 2.58 bits per heavy atom. The fourth-order valence-electron chi connectivity index (χ4n) is 1.66. The lowest BCUT2D eigenvalue weighted by Gasteiger charge is -2.22. The van der Waals surface area contributed by atoms with E-state index in [1.54, 1.807) is 0 Å². The van der Waals surface area contributed by atoms with Crippen molar-refractivity contribution in [2.45, 2.75) is 37.5 Å². The highest BCUT2D eigenvalue weighted by molar-refractivity contribution is 6.43. The molecule has 2 atom stereocenters. The second kappa shape index (κ2) is 3.86. The van der Waals surface area contributed by atoms with Crippen LogP contribution in [0.1, 0.15) is 25.7 Å². The summed E-state index contributed by atoms with van der Waals surface area (Å²) in [6, 6.07) is -0.578. The van der Waals surface area contributed by atoms with Crippen molar-refractivity contribution < 1.29 is 15.0 Å². The van der Waals surface area contributed by atoms with Crippen LogP contribution in [0.3, 0.4) is 0 Å². The van der Waals surface area contributed by atoms with Gasteiger partial charge in [0.25, 0.3) is 0 Å². The standard InChI is InChI=1S/C6H12BNO4/c9-7(10)5-2-1-3-6(4-5)8(11)12/h5-6,9-10H,1-4H2. The first-order valence-electron chi connectivity index (χ1n) is 4.11. The smallest absolute Gasteiger partial charge is 0.427 e. The predicted octanol–water partition coefficient (Wildman–Crippen LogP) is 0.0487. The van der Waals surface area contributed by atoms with Gasteiger partial charge >= 0.3 is 7.12 Å². The summed E-state index contributed by atoms with van der Waals surface area (Å²) in [6.07, 6.45) is 2.26. The molecule has 0 radical (unpaired) electrons. The molecule has 2 N–H and O–H groups in total. The van der Waals surface area contributed by atoms with Crippen LogP contribution in [-0.2, 0) is 0 Å². The van der Waals surface area contributed by atoms with Crippen LogP contribution in [-0.4, -0.2) is 28.1 Å². The Labute approximate surface area is 70.7 Å². The maximum Gasteiger partial charge on any atom is 0.455 e. The Balaban J connectivity index is 2.46. The van der Waals surface area contributed by atoms with Crippen LogP contribution >= 0.6 is 0 Å². The summed E-state index contributed by atoms with van der Waals surface area (Å²) in [6.45, 7) is 0. The topological polar surface area (TPSA) is 83.6 Å². The van der Waals surface area contributed by atoms with E-state index in [4.69, 9.17) is 10.0 Å². The molecule has 0 heterocycles. The van der Waals surface area contributed by atoms with Gasteiger partial charge < -0.3 is 10.0 Å². The zero-order valence-electron chi connectivity index (χ0n) is 6.72. The first-order valence-corrected chi connectivity index (χ1v) is 4.11. The minimum absolute atomic E-state index is 0.296. The van der Waals surface area contributed by atoms with E-state index in [-0.39, 0.29) is 10.7 Å². The molecule has 0 bridgehead atoms. The zero-order chi connectivity index (χ0) is 9.14. The lowest BCUT2D eigenvalue weighted by Crippen LogP contribution is -2.32. The van der Waals surface area contributed by atoms with Crippen LogP contribution in [0.2, 0.25) is 5.82 Å². The van der Waals surface area contributed by atoms with Crippen LogP contribution in [0.15, 0.2) is 0 Å². The first-order chi connectivity index (χ1) is 5.61. The minimum atomic E-state index is -1.40. The van der Waals surface area contributed by atoms with E-state index in [1.807, 2.05) is 0 Å². The average Bonchev–Trinajstić information content (AvgIpc) is 2.04. The van der Waals surface area contributed by atoms with Crippen LogP contribution < -0.4 is 0 Å². The van der Waals surface area contributed by atoms with Crippen molar-refractivity contribution in [1.29, 1.82) is 0 Å². The molecule has 1 aliphatic rings. The molecule has 1 rings (SSSR count). The Morgan fingerprint density at radius 1 is 1.42 bits per heavy atom. The van der Waals surface area contributed by atoms with E-state index in [0.29, 0.717) is 25.7 Å². The maximum atomic E-state index is 10.4. The largest absolute Gasteiger partial charge is 0.455 e. The number of nitro groups is 1. The van der Waals surface area contributed by atoms with E-state index in [0.717, 1.165) is 0 Å². The molecule has 1 aliphatic carbocycles. The highest BCUT2D eigenvalue weighted by Gasteiger charge is 2.35. The minimum Gasteiger partial charge on any atom is -0.427 e. The predicted molar refractivity (Wildman–Crippen MR) is 43.2 cm³/mol. The lowest BCUT2D eigenvalue weighted by atomic mass is 9.64. The molecule has 0 saturated heterocycles. The van der Waals surface area contributed by atoms with Gasteiger partial charge in [0.05, 0.1) is 0 Å². The lowest BCUT2D eigenvalue weighted by molar-refractivity contribution is -0.526. The van der Waals surface area contributed by atoms with Crippen molar-refractivity contribution >= 4 is 7.12 Å². The summed E-state index contributed by atoms with van der Waals surface area (Å²) in [5, 5.41) is 28.0. The van der Waals surface area contributed by atoms with E-state index in [2.05, 4.69) is 0 Å². The fourth-order valence-corrected chi connectivity index (χ4v) is 1.66. The van der Waals surface area contributed by atoms with Crippen LogP contribution in [0.25, 0.3) is 0 Å². The molecule has 2 unspecified atom stereocenters. The third kappa shape index (κ3) is 2.18. The second-order valence-electron chi connectivity index (χ2n) is 3.28. The molecule has 12 heavy (non-hydrogen) atoms. The van der Waals surface area contributed by atoms with Gasteiger partial charge in [-0.1, -0.05) is 6.42 Å². The number of rotatable bonds is 2. The molecule has 0 aromatic carbocycles. The summed E-state index contributed by atoms with van der Waals surface area (Å²) >= 11 is 0. The summed E-state index contributed by atoms with van der Waals surface area (Å²) in [4.78, 5) is 10.0. The monoisotopic (exact) mass is 173 g/mol. The highest BCUT2D eigenvalue weighted by Crippen LogP contribution is 2.31. The normalized spacial score (nSPS) is 29.8. The molecular weight excluding hydrogens is 161 g/mol. The van der Waals surface area contributed by atoms with Gasteiger partial charge in [0.15, 0.2) is 0 Å². The quantitative estimate of drug-likeness (QED) is 0.351. The van der Waals surface area contributed by atoms with Gasteiger partial charge in [-0.05, 0) is 6.42 Å². The number of nitrogens with zero attached hydrogens (tertiary/aromatic N) is 1. The van der Waals surface area contributed by atoms with Gasteiger partial charge in [-0.15, -0.1) is 0 Å². The van der Waals surface area contributed by atoms with Gasteiger partial charge in [0.1, 0.15) is 0 Å².